The molecule has 2 heteroatoms. The van der Waals surface area contributed by atoms with Crippen LogP contribution in [0.4, 0.5) is 17.1 Å². The molecule has 0 atom stereocenters. The minimum absolute atomic E-state index is 1.04. The van der Waals surface area contributed by atoms with Gasteiger partial charge in [-0.15, -0.1) is 0 Å². The standard InChI is InChI=1S/C77H76N2/c1-6-9-11-13-22-65-53-75(67-40-49-73-72-26-15-16-27-76(72)79(77(73)54-67)71-45-36-61(37-46-71)64-25-18-21-56(5)51-64)66(23-14-12-10-7-2)52-74(65)62-38-47-70(48-39-62)78(69-43-34-60(35-44-69)63-24-17-20-55(4)50-63)68-41-32-59(33-42-68)58-30-28-57(19-8-3)29-31-58/h15-18,20-21,24-54H,6-14,19,22-23H2,1-5H3. The van der Waals surface area contributed by atoms with Crippen molar-refractivity contribution in [3.05, 3.63) is 252 Å². The predicted molar refractivity (Wildman–Crippen MR) is 342 cm³/mol. The number of hydrogen-bond acceptors (Lipinski definition) is 1. The van der Waals surface area contributed by atoms with Crippen LogP contribution in [-0.4, -0.2) is 4.57 Å². The van der Waals surface area contributed by atoms with Gasteiger partial charge in [-0.25, -0.2) is 0 Å². The lowest BCUT2D eigenvalue weighted by atomic mass is 9.86. The Balaban J connectivity index is 0.992. The molecule has 0 fully saturated rings. The van der Waals surface area contributed by atoms with Gasteiger partial charge >= 0.3 is 0 Å². The summed E-state index contributed by atoms with van der Waals surface area (Å²) in [6.45, 7) is 11.2. The molecular weight excluding hydrogens is 953 g/mol. The topological polar surface area (TPSA) is 8.17 Å². The van der Waals surface area contributed by atoms with E-state index < -0.39 is 0 Å². The van der Waals surface area contributed by atoms with Crippen molar-refractivity contribution in [1.29, 1.82) is 0 Å². The first-order valence-electron chi connectivity index (χ1n) is 29.5. The van der Waals surface area contributed by atoms with Crippen molar-refractivity contribution < 1.29 is 0 Å². The van der Waals surface area contributed by atoms with Gasteiger partial charge in [0.1, 0.15) is 0 Å². The van der Waals surface area contributed by atoms with Crippen LogP contribution < -0.4 is 4.90 Å². The summed E-state index contributed by atoms with van der Waals surface area (Å²) in [5.74, 6) is 0. The maximum absolute atomic E-state index is 2.59. The SMILES string of the molecule is CCCCCCc1cc(-c2ccc3c4ccccc4n(-c4ccc(-c5cccc(C)c5)cc4)c3c2)c(CCCCCC)cc1-c1ccc(N(c2ccc(-c3ccc(CCC)cc3)cc2)c2ccc(-c3cccc(C)c3)cc2)cc1. The van der Waals surface area contributed by atoms with Crippen LogP contribution in [0.1, 0.15) is 106 Å². The number of hydrogen-bond donors (Lipinski definition) is 0. The number of aryl methyl sites for hydroxylation is 5. The highest BCUT2D eigenvalue weighted by molar-refractivity contribution is 6.10. The van der Waals surface area contributed by atoms with Crippen LogP contribution in [0, 0.1) is 13.8 Å². The highest BCUT2D eigenvalue weighted by Crippen LogP contribution is 2.42. The Morgan fingerprint density at radius 3 is 1.29 bits per heavy atom. The van der Waals surface area contributed by atoms with E-state index in [4.69, 9.17) is 0 Å². The van der Waals surface area contributed by atoms with Gasteiger partial charge in [-0.2, -0.15) is 0 Å². The lowest BCUT2D eigenvalue weighted by molar-refractivity contribution is 0.664. The number of para-hydroxylation sites is 1. The van der Waals surface area contributed by atoms with Crippen LogP contribution in [-0.2, 0) is 19.3 Å². The average molecular weight is 1030 g/mol. The highest BCUT2D eigenvalue weighted by atomic mass is 15.1. The molecule has 0 aliphatic rings. The molecule has 79 heavy (non-hydrogen) atoms. The zero-order valence-corrected chi connectivity index (χ0v) is 47.2. The van der Waals surface area contributed by atoms with Gasteiger partial charge < -0.3 is 9.47 Å². The molecule has 0 saturated carbocycles. The van der Waals surface area contributed by atoms with E-state index in [0.29, 0.717) is 0 Å². The third kappa shape index (κ3) is 11.8. The summed E-state index contributed by atoms with van der Waals surface area (Å²) in [5, 5.41) is 2.57. The third-order valence-electron chi connectivity index (χ3n) is 16.3. The molecule has 2 nitrogen and oxygen atoms in total. The second-order valence-electron chi connectivity index (χ2n) is 22.1. The summed E-state index contributed by atoms with van der Waals surface area (Å²) in [6, 6.07) is 85.0. The molecule has 11 rings (SSSR count). The lowest BCUT2D eigenvalue weighted by Gasteiger charge is -2.26. The molecule has 0 spiro atoms. The van der Waals surface area contributed by atoms with Crippen LogP contribution >= 0.6 is 0 Å². The van der Waals surface area contributed by atoms with Gasteiger partial charge in [-0.1, -0.05) is 241 Å². The molecule has 0 radical (unpaired) electrons. The number of benzene rings is 10. The molecule has 0 aliphatic heterocycles. The van der Waals surface area contributed by atoms with E-state index in [0.717, 1.165) is 42.7 Å². The van der Waals surface area contributed by atoms with E-state index >= 15 is 0 Å². The first-order chi connectivity index (χ1) is 38.8. The zero-order valence-electron chi connectivity index (χ0n) is 47.2. The van der Waals surface area contributed by atoms with Crippen molar-refractivity contribution in [3.8, 4) is 61.3 Å². The fraction of sp³-hybridized carbons (Fsp3) is 0.221. The van der Waals surface area contributed by atoms with Crippen molar-refractivity contribution in [2.24, 2.45) is 0 Å². The maximum Gasteiger partial charge on any atom is 0.0547 e. The molecule has 0 unspecified atom stereocenters. The van der Waals surface area contributed by atoms with Crippen LogP contribution in [0.25, 0.3) is 83.1 Å². The molecule has 11 aromatic rings. The fourth-order valence-corrected chi connectivity index (χ4v) is 12.0. The number of rotatable bonds is 21. The van der Waals surface area contributed by atoms with Crippen molar-refractivity contribution >= 4 is 38.9 Å². The lowest BCUT2D eigenvalue weighted by Crippen LogP contribution is -2.10. The Hall–Kier alpha value is -8.20. The first kappa shape index (κ1) is 52.8. The molecule has 0 aliphatic carbocycles. The monoisotopic (exact) mass is 1030 g/mol. The van der Waals surface area contributed by atoms with Gasteiger partial charge in [0, 0.05) is 33.5 Å². The quantitative estimate of drug-likeness (QED) is 0.0651. The summed E-state index contributed by atoms with van der Waals surface area (Å²) in [4.78, 5) is 2.42. The summed E-state index contributed by atoms with van der Waals surface area (Å²) >= 11 is 0. The first-order valence-corrected chi connectivity index (χ1v) is 29.5. The van der Waals surface area contributed by atoms with E-state index in [2.05, 4.69) is 269 Å². The molecule has 1 aromatic heterocycles. The Kier molecular flexibility index (Phi) is 16.5. The molecular formula is C77H76N2. The Bertz CT molecular complexity index is 3800. The highest BCUT2D eigenvalue weighted by Gasteiger charge is 2.20. The van der Waals surface area contributed by atoms with Gasteiger partial charge in [-0.3, -0.25) is 0 Å². The Morgan fingerprint density at radius 1 is 0.316 bits per heavy atom. The Morgan fingerprint density at radius 2 is 0.772 bits per heavy atom. The molecule has 1 heterocycles. The van der Waals surface area contributed by atoms with Crippen LogP contribution in [0.2, 0.25) is 0 Å². The second-order valence-corrected chi connectivity index (χ2v) is 22.1. The number of fused-ring (bicyclic) bond motifs is 3. The summed E-state index contributed by atoms with van der Waals surface area (Å²) < 4.78 is 2.48. The zero-order chi connectivity index (χ0) is 54.1. The number of anilines is 3. The van der Waals surface area contributed by atoms with Gasteiger partial charge in [0.25, 0.3) is 0 Å². The van der Waals surface area contributed by atoms with E-state index in [1.807, 2.05) is 0 Å². The summed E-state index contributed by atoms with van der Waals surface area (Å²) in [5.41, 5.74) is 26.6. The van der Waals surface area contributed by atoms with E-state index in [-0.39, 0.29) is 0 Å². The van der Waals surface area contributed by atoms with Gasteiger partial charge in [-0.05, 0) is 179 Å². The summed E-state index contributed by atoms with van der Waals surface area (Å²) in [7, 11) is 0. The van der Waals surface area contributed by atoms with Gasteiger partial charge in [0.15, 0.2) is 0 Å². The minimum Gasteiger partial charge on any atom is -0.311 e. The number of nitrogens with zero attached hydrogens (tertiary/aromatic N) is 2. The van der Waals surface area contributed by atoms with E-state index in [9.17, 15) is 0 Å². The van der Waals surface area contributed by atoms with Crippen LogP contribution in [0.5, 0.6) is 0 Å². The van der Waals surface area contributed by atoms with Gasteiger partial charge in [0.05, 0.1) is 11.0 Å². The van der Waals surface area contributed by atoms with Crippen molar-refractivity contribution in [2.45, 2.75) is 112 Å². The third-order valence-corrected chi connectivity index (χ3v) is 16.3. The molecule has 0 N–H and O–H groups in total. The molecule has 0 saturated heterocycles. The molecule has 10 aromatic carbocycles. The largest absolute Gasteiger partial charge is 0.311 e. The van der Waals surface area contributed by atoms with Gasteiger partial charge in [0.2, 0.25) is 0 Å². The average Bonchev–Trinajstić information content (AvgIpc) is 4.06. The van der Waals surface area contributed by atoms with Crippen LogP contribution in [0.15, 0.2) is 224 Å². The van der Waals surface area contributed by atoms with Crippen molar-refractivity contribution in [2.75, 3.05) is 4.90 Å². The van der Waals surface area contributed by atoms with Crippen LogP contribution in [0.3, 0.4) is 0 Å². The van der Waals surface area contributed by atoms with E-state index in [1.54, 1.807) is 0 Å². The molecule has 0 amide bonds. The second kappa shape index (κ2) is 24.6. The predicted octanol–water partition coefficient (Wildman–Crippen LogP) is 22.4. The normalized spacial score (nSPS) is 11.5. The van der Waals surface area contributed by atoms with Crippen molar-refractivity contribution in [3.63, 3.8) is 0 Å². The molecule has 394 valence electrons. The maximum atomic E-state index is 2.59. The fourth-order valence-electron chi connectivity index (χ4n) is 12.0. The van der Waals surface area contributed by atoms with E-state index in [1.165, 1.54) is 162 Å². The minimum atomic E-state index is 1.04. The smallest absolute Gasteiger partial charge is 0.0547 e. The Labute approximate surface area is 471 Å². The summed E-state index contributed by atoms with van der Waals surface area (Å²) in [6.07, 6.45) is 14.1. The number of unbranched alkanes of at least 4 members (excludes halogenated alkanes) is 6. The number of aromatic nitrogens is 1. The molecule has 0 bridgehead atoms. The van der Waals surface area contributed by atoms with Crippen molar-refractivity contribution in [1.82, 2.24) is 4.57 Å².